The van der Waals surface area contributed by atoms with E-state index in [0.717, 1.165) is 18.3 Å². The second-order valence-electron chi connectivity index (χ2n) is 3.55. The monoisotopic (exact) mass is 261 g/mol. The lowest BCUT2D eigenvalue weighted by atomic mass is 10.2. The van der Waals surface area contributed by atoms with Crippen LogP contribution in [0.3, 0.4) is 0 Å². The van der Waals surface area contributed by atoms with E-state index in [1.807, 2.05) is 0 Å². The van der Waals surface area contributed by atoms with E-state index in [-0.39, 0.29) is 11.3 Å². The summed E-state index contributed by atoms with van der Waals surface area (Å²) in [6.07, 6.45) is 2.36. The predicted molar refractivity (Wildman–Crippen MR) is 65.7 cm³/mol. The largest absolute Gasteiger partial charge is 0.289 e. The van der Waals surface area contributed by atoms with Crippen molar-refractivity contribution >= 4 is 12.1 Å². The number of halogens is 2. The van der Waals surface area contributed by atoms with Crippen LogP contribution in [0.4, 0.5) is 8.78 Å². The van der Waals surface area contributed by atoms with Crippen LogP contribution in [0.1, 0.15) is 16.1 Å². The van der Waals surface area contributed by atoms with E-state index in [1.54, 1.807) is 12.1 Å². The molecule has 0 aliphatic rings. The van der Waals surface area contributed by atoms with Gasteiger partial charge in [0.2, 0.25) is 0 Å². The Bertz CT molecular complexity index is 594. The highest BCUT2D eigenvalue weighted by atomic mass is 19.1. The summed E-state index contributed by atoms with van der Waals surface area (Å²) in [5, 5.41) is 3.50. The first-order valence-corrected chi connectivity index (χ1v) is 5.37. The normalized spacial score (nSPS) is 10.6. The van der Waals surface area contributed by atoms with E-state index in [2.05, 4.69) is 15.5 Å². The summed E-state index contributed by atoms with van der Waals surface area (Å²) in [4.78, 5) is 15.3. The van der Waals surface area contributed by atoms with E-state index >= 15 is 0 Å². The molecule has 4 nitrogen and oxygen atoms in total. The molecule has 6 heteroatoms. The van der Waals surface area contributed by atoms with E-state index in [0.29, 0.717) is 0 Å². The first kappa shape index (κ1) is 12.8. The number of carbonyl (C=O) groups is 1. The third-order valence-electron chi connectivity index (χ3n) is 2.26. The molecule has 1 amide bonds. The molecule has 0 aliphatic carbocycles. The number of nitrogens with one attached hydrogen (secondary N) is 1. The van der Waals surface area contributed by atoms with Crippen molar-refractivity contribution in [3.63, 3.8) is 0 Å². The van der Waals surface area contributed by atoms with Gasteiger partial charge in [-0.2, -0.15) is 5.10 Å². The molecule has 0 saturated heterocycles. The van der Waals surface area contributed by atoms with Gasteiger partial charge in [-0.05, 0) is 24.3 Å². The maximum atomic E-state index is 13.2. The van der Waals surface area contributed by atoms with Crippen LogP contribution in [0.2, 0.25) is 0 Å². The maximum absolute atomic E-state index is 13.2. The highest BCUT2D eigenvalue weighted by molar-refractivity contribution is 5.93. The molecular formula is C13H9F2N3O. The predicted octanol–water partition coefficient (Wildman–Crippen LogP) is 2.12. The molecule has 0 spiro atoms. The van der Waals surface area contributed by atoms with Crippen LogP contribution in [-0.2, 0) is 0 Å². The van der Waals surface area contributed by atoms with E-state index in [9.17, 15) is 13.6 Å². The summed E-state index contributed by atoms with van der Waals surface area (Å²) in [7, 11) is 0. The van der Waals surface area contributed by atoms with Crippen LogP contribution in [0.25, 0.3) is 0 Å². The fraction of sp³-hybridized carbons (Fsp3) is 0. The van der Waals surface area contributed by atoms with Crippen molar-refractivity contribution < 1.29 is 13.6 Å². The summed E-state index contributed by atoms with van der Waals surface area (Å²) in [6.45, 7) is 0. The molecule has 1 aromatic carbocycles. The number of hydrogen-bond acceptors (Lipinski definition) is 3. The average molecular weight is 261 g/mol. The van der Waals surface area contributed by atoms with E-state index in [4.69, 9.17) is 0 Å². The van der Waals surface area contributed by atoms with E-state index in [1.165, 1.54) is 18.3 Å². The van der Waals surface area contributed by atoms with Gasteiger partial charge < -0.3 is 0 Å². The van der Waals surface area contributed by atoms with Crippen LogP contribution in [0.15, 0.2) is 47.7 Å². The number of amides is 1. The van der Waals surface area contributed by atoms with Crippen molar-refractivity contribution in [2.45, 2.75) is 0 Å². The first-order valence-electron chi connectivity index (χ1n) is 5.37. The van der Waals surface area contributed by atoms with Gasteiger partial charge in [0, 0.05) is 6.20 Å². The van der Waals surface area contributed by atoms with Crippen LogP contribution in [0, 0.1) is 11.6 Å². The van der Waals surface area contributed by atoms with Crippen molar-refractivity contribution in [1.29, 1.82) is 0 Å². The van der Waals surface area contributed by atoms with Gasteiger partial charge in [0.1, 0.15) is 17.3 Å². The SMILES string of the molecule is O=C(N/N=C\c1c(F)cccc1F)c1ccccn1. The Morgan fingerprint density at radius 3 is 2.53 bits per heavy atom. The van der Waals surface area contributed by atoms with Crippen LogP contribution < -0.4 is 5.43 Å². The molecule has 0 saturated carbocycles. The zero-order chi connectivity index (χ0) is 13.7. The van der Waals surface area contributed by atoms with Gasteiger partial charge in [-0.3, -0.25) is 9.78 Å². The van der Waals surface area contributed by atoms with Crippen molar-refractivity contribution in [3.05, 3.63) is 65.5 Å². The second-order valence-corrected chi connectivity index (χ2v) is 3.55. The van der Waals surface area contributed by atoms with Gasteiger partial charge in [-0.15, -0.1) is 0 Å². The Morgan fingerprint density at radius 2 is 1.89 bits per heavy atom. The minimum Gasteiger partial charge on any atom is -0.266 e. The summed E-state index contributed by atoms with van der Waals surface area (Å²) in [5.74, 6) is -2.07. The summed E-state index contributed by atoms with van der Waals surface area (Å²) < 4.78 is 26.5. The molecule has 0 unspecified atom stereocenters. The van der Waals surface area contributed by atoms with Crippen LogP contribution in [-0.4, -0.2) is 17.1 Å². The lowest BCUT2D eigenvalue weighted by molar-refractivity contribution is 0.0950. The Balaban J connectivity index is 2.07. The molecule has 0 aliphatic heterocycles. The smallest absolute Gasteiger partial charge is 0.266 e. The van der Waals surface area contributed by atoms with E-state index < -0.39 is 17.5 Å². The van der Waals surface area contributed by atoms with Crippen molar-refractivity contribution in [3.8, 4) is 0 Å². The number of nitrogens with zero attached hydrogens (tertiary/aromatic N) is 2. The molecule has 19 heavy (non-hydrogen) atoms. The minimum absolute atomic E-state index is 0.161. The standard InChI is InChI=1S/C13H9F2N3O/c14-10-4-3-5-11(15)9(10)8-17-18-13(19)12-6-1-2-7-16-12/h1-8H,(H,18,19)/b17-8-. The first-order chi connectivity index (χ1) is 9.18. The zero-order valence-corrected chi connectivity index (χ0v) is 9.68. The second kappa shape index (κ2) is 5.81. The summed E-state index contributed by atoms with van der Waals surface area (Å²) in [6, 6.07) is 8.25. The lowest BCUT2D eigenvalue weighted by Gasteiger charge is -1.99. The van der Waals surface area contributed by atoms with Gasteiger partial charge >= 0.3 is 0 Å². The quantitative estimate of drug-likeness (QED) is 0.679. The van der Waals surface area contributed by atoms with Crippen molar-refractivity contribution in [2.24, 2.45) is 5.10 Å². The topological polar surface area (TPSA) is 54.4 Å². The molecule has 0 atom stereocenters. The van der Waals surface area contributed by atoms with Gasteiger partial charge in [-0.25, -0.2) is 14.2 Å². The Morgan fingerprint density at radius 1 is 1.16 bits per heavy atom. The van der Waals surface area contributed by atoms with Crippen molar-refractivity contribution in [1.82, 2.24) is 10.4 Å². The molecule has 2 rings (SSSR count). The fourth-order valence-electron chi connectivity index (χ4n) is 1.34. The summed E-state index contributed by atoms with van der Waals surface area (Å²) >= 11 is 0. The Kier molecular flexibility index (Phi) is 3.92. The molecule has 1 N–H and O–H groups in total. The number of hydrogen-bond donors (Lipinski definition) is 1. The minimum atomic E-state index is -0.754. The number of aromatic nitrogens is 1. The molecule has 0 fully saturated rings. The molecule has 96 valence electrons. The Labute approximate surface area is 107 Å². The van der Waals surface area contributed by atoms with Crippen molar-refractivity contribution in [2.75, 3.05) is 0 Å². The van der Waals surface area contributed by atoms with Gasteiger partial charge in [-0.1, -0.05) is 12.1 Å². The highest BCUT2D eigenvalue weighted by Gasteiger charge is 2.06. The van der Waals surface area contributed by atoms with Gasteiger partial charge in [0.15, 0.2) is 0 Å². The number of rotatable bonds is 3. The lowest BCUT2D eigenvalue weighted by Crippen LogP contribution is -2.18. The maximum Gasteiger partial charge on any atom is 0.289 e. The van der Waals surface area contributed by atoms with Gasteiger partial charge in [0.05, 0.1) is 11.8 Å². The zero-order valence-electron chi connectivity index (χ0n) is 9.68. The number of pyridine rings is 1. The van der Waals surface area contributed by atoms with Crippen LogP contribution in [0.5, 0.6) is 0 Å². The number of benzene rings is 1. The number of carbonyl (C=O) groups excluding carboxylic acids is 1. The summed E-state index contributed by atoms with van der Waals surface area (Å²) in [5.41, 5.74) is 1.98. The number of hydrazone groups is 1. The molecule has 0 radical (unpaired) electrons. The third-order valence-corrected chi connectivity index (χ3v) is 2.26. The highest BCUT2D eigenvalue weighted by Crippen LogP contribution is 2.08. The van der Waals surface area contributed by atoms with Gasteiger partial charge in [0.25, 0.3) is 5.91 Å². The fourth-order valence-corrected chi connectivity index (χ4v) is 1.34. The molecule has 1 heterocycles. The third kappa shape index (κ3) is 3.19. The molecule has 1 aromatic heterocycles. The van der Waals surface area contributed by atoms with Crippen LogP contribution >= 0.6 is 0 Å². The Hall–Kier alpha value is -2.63. The molecular weight excluding hydrogens is 252 g/mol. The molecule has 0 bridgehead atoms. The molecule has 2 aromatic rings. The average Bonchev–Trinajstić information content (AvgIpc) is 2.43.